The van der Waals surface area contributed by atoms with Crippen LogP contribution in [0.25, 0.3) is 0 Å². The van der Waals surface area contributed by atoms with E-state index in [-0.39, 0.29) is 11.6 Å². The molecule has 0 spiro atoms. The smallest absolute Gasteiger partial charge is 0.274 e. The average molecular weight is 369 g/mol. The molecule has 1 heterocycles. The molecule has 6 nitrogen and oxygen atoms in total. The van der Waals surface area contributed by atoms with Crippen LogP contribution in [-0.2, 0) is 6.54 Å². The number of halogens is 1. The van der Waals surface area contributed by atoms with Crippen molar-refractivity contribution in [1.29, 1.82) is 0 Å². The van der Waals surface area contributed by atoms with Gasteiger partial charge in [0, 0.05) is 18.2 Å². The number of rotatable bonds is 6. The summed E-state index contributed by atoms with van der Waals surface area (Å²) >= 11 is 6.06. The van der Waals surface area contributed by atoms with Crippen molar-refractivity contribution in [2.24, 2.45) is 0 Å². The molecule has 2 aromatic carbocycles. The number of carbonyl (C=O) groups excluding carboxylic acids is 1. The maximum atomic E-state index is 12.4. The van der Waals surface area contributed by atoms with Crippen molar-refractivity contribution >= 4 is 29.0 Å². The molecule has 0 aliphatic heterocycles. The van der Waals surface area contributed by atoms with E-state index in [1.165, 1.54) is 6.33 Å². The first-order valence-electron chi connectivity index (χ1n) is 7.91. The van der Waals surface area contributed by atoms with Crippen molar-refractivity contribution in [3.05, 3.63) is 77.2 Å². The van der Waals surface area contributed by atoms with E-state index in [9.17, 15) is 4.79 Å². The fourth-order valence-electron chi connectivity index (χ4n) is 2.36. The molecule has 3 rings (SSSR count). The van der Waals surface area contributed by atoms with Crippen LogP contribution in [0, 0.1) is 0 Å². The van der Waals surface area contributed by atoms with Gasteiger partial charge in [-0.1, -0.05) is 41.9 Å². The lowest BCUT2D eigenvalue weighted by Gasteiger charge is -2.10. The summed E-state index contributed by atoms with van der Waals surface area (Å²) < 4.78 is 5.32. The average Bonchev–Trinajstić information content (AvgIpc) is 2.68. The predicted molar refractivity (Wildman–Crippen MR) is 102 cm³/mol. The molecule has 2 N–H and O–H groups in total. The monoisotopic (exact) mass is 368 g/mol. The number of ether oxygens (including phenoxy) is 1. The summed E-state index contributed by atoms with van der Waals surface area (Å²) in [5, 5.41) is 6.37. The highest BCUT2D eigenvalue weighted by atomic mass is 35.5. The molecule has 0 radical (unpaired) electrons. The van der Waals surface area contributed by atoms with Crippen LogP contribution in [0.5, 0.6) is 5.75 Å². The maximum absolute atomic E-state index is 12.4. The highest BCUT2D eigenvalue weighted by Crippen LogP contribution is 2.21. The van der Waals surface area contributed by atoms with E-state index in [2.05, 4.69) is 20.6 Å². The Balaban J connectivity index is 1.70. The molecule has 1 aromatic heterocycles. The minimum atomic E-state index is -0.360. The predicted octanol–water partition coefficient (Wildman–Crippen LogP) is 4.00. The number of aromatic nitrogens is 2. The Hall–Kier alpha value is -3.12. The Morgan fingerprint density at radius 1 is 1.12 bits per heavy atom. The van der Waals surface area contributed by atoms with E-state index in [1.54, 1.807) is 37.4 Å². The molecule has 3 aromatic rings. The zero-order valence-corrected chi connectivity index (χ0v) is 14.8. The molecular weight excluding hydrogens is 352 g/mol. The van der Waals surface area contributed by atoms with Gasteiger partial charge in [-0.25, -0.2) is 9.97 Å². The zero-order chi connectivity index (χ0) is 18.4. The summed E-state index contributed by atoms with van der Waals surface area (Å²) in [6.07, 6.45) is 1.34. The minimum Gasteiger partial charge on any atom is -0.496 e. The quantitative estimate of drug-likeness (QED) is 0.687. The van der Waals surface area contributed by atoms with Gasteiger partial charge in [-0.2, -0.15) is 0 Å². The second kappa shape index (κ2) is 8.31. The number of carbonyl (C=O) groups is 1. The second-order valence-corrected chi connectivity index (χ2v) is 5.80. The van der Waals surface area contributed by atoms with Gasteiger partial charge < -0.3 is 15.4 Å². The minimum absolute atomic E-state index is 0.238. The summed E-state index contributed by atoms with van der Waals surface area (Å²) in [5.74, 6) is 0.960. The van der Waals surface area contributed by atoms with Gasteiger partial charge in [-0.15, -0.1) is 0 Å². The van der Waals surface area contributed by atoms with E-state index < -0.39 is 0 Å². The van der Waals surface area contributed by atoms with Crippen LogP contribution < -0.4 is 15.4 Å². The van der Waals surface area contributed by atoms with Gasteiger partial charge in [-0.05, 0) is 18.2 Å². The molecule has 0 atom stereocenters. The van der Waals surface area contributed by atoms with Crippen LogP contribution in [0.1, 0.15) is 16.1 Å². The number of para-hydroxylation sites is 2. The Bertz CT molecular complexity index is 917. The van der Waals surface area contributed by atoms with Gasteiger partial charge in [0.1, 0.15) is 23.6 Å². The molecule has 0 saturated carbocycles. The number of hydrogen-bond donors (Lipinski definition) is 2. The van der Waals surface area contributed by atoms with Crippen molar-refractivity contribution < 1.29 is 9.53 Å². The maximum Gasteiger partial charge on any atom is 0.274 e. The third-order valence-electron chi connectivity index (χ3n) is 3.67. The fraction of sp³-hybridized carbons (Fsp3) is 0.105. The van der Waals surface area contributed by atoms with Gasteiger partial charge in [-0.3, -0.25) is 4.79 Å². The van der Waals surface area contributed by atoms with E-state index in [1.807, 2.05) is 24.3 Å². The topological polar surface area (TPSA) is 76.1 Å². The van der Waals surface area contributed by atoms with Crippen molar-refractivity contribution in [3.63, 3.8) is 0 Å². The molecule has 26 heavy (non-hydrogen) atoms. The lowest BCUT2D eigenvalue weighted by atomic mass is 10.2. The first-order valence-corrected chi connectivity index (χ1v) is 8.29. The molecule has 0 aliphatic rings. The SMILES string of the molecule is COc1ccccc1CNc1cc(C(=O)Nc2ccccc2Cl)ncn1. The number of benzene rings is 2. The van der Waals surface area contributed by atoms with Crippen molar-refractivity contribution in [2.45, 2.75) is 6.54 Å². The summed E-state index contributed by atoms with van der Waals surface area (Å²) in [6, 6.07) is 16.3. The highest BCUT2D eigenvalue weighted by molar-refractivity contribution is 6.33. The van der Waals surface area contributed by atoms with Crippen molar-refractivity contribution in [1.82, 2.24) is 9.97 Å². The first kappa shape index (κ1) is 17.7. The Morgan fingerprint density at radius 3 is 2.69 bits per heavy atom. The summed E-state index contributed by atoms with van der Waals surface area (Å²) in [5.41, 5.74) is 1.75. The zero-order valence-electron chi connectivity index (χ0n) is 14.1. The lowest BCUT2D eigenvalue weighted by Crippen LogP contribution is -2.15. The highest BCUT2D eigenvalue weighted by Gasteiger charge is 2.11. The first-order chi connectivity index (χ1) is 12.7. The van der Waals surface area contributed by atoms with Crippen LogP contribution in [-0.4, -0.2) is 23.0 Å². The number of methoxy groups -OCH3 is 1. The van der Waals surface area contributed by atoms with Crippen molar-refractivity contribution in [3.8, 4) is 5.75 Å². The lowest BCUT2D eigenvalue weighted by molar-refractivity contribution is 0.102. The van der Waals surface area contributed by atoms with Gasteiger partial charge in [0.25, 0.3) is 5.91 Å². The van der Waals surface area contributed by atoms with E-state index in [4.69, 9.17) is 16.3 Å². The largest absolute Gasteiger partial charge is 0.496 e. The fourth-order valence-corrected chi connectivity index (χ4v) is 2.54. The summed E-state index contributed by atoms with van der Waals surface area (Å²) in [6.45, 7) is 0.507. The van der Waals surface area contributed by atoms with Gasteiger partial charge in [0.05, 0.1) is 17.8 Å². The number of nitrogens with one attached hydrogen (secondary N) is 2. The molecule has 0 aliphatic carbocycles. The molecule has 0 fully saturated rings. The van der Waals surface area contributed by atoms with Crippen LogP contribution in [0.15, 0.2) is 60.9 Å². The van der Waals surface area contributed by atoms with Gasteiger partial charge >= 0.3 is 0 Å². The number of nitrogens with zero attached hydrogens (tertiary/aromatic N) is 2. The standard InChI is InChI=1S/C19H17ClN4O2/c1-26-17-9-5-2-6-13(17)11-21-18-10-16(22-12-23-18)19(25)24-15-8-4-3-7-14(15)20/h2-10,12H,11H2,1H3,(H,24,25)(H,21,22,23). The summed E-state index contributed by atoms with van der Waals surface area (Å²) in [7, 11) is 1.63. The normalized spacial score (nSPS) is 10.2. The second-order valence-electron chi connectivity index (χ2n) is 5.39. The molecule has 7 heteroatoms. The van der Waals surface area contributed by atoms with Crippen LogP contribution in [0.3, 0.4) is 0 Å². The Labute approximate surface area is 156 Å². The van der Waals surface area contributed by atoms with Gasteiger partial charge in [0.2, 0.25) is 0 Å². The van der Waals surface area contributed by atoms with Crippen LogP contribution in [0.4, 0.5) is 11.5 Å². The number of hydrogen-bond acceptors (Lipinski definition) is 5. The van der Waals surface area contributed by atoms with E-state index >= 15 is 0 Å². The molecule has 0 bridgehead atoms. The molecule has 0 saturated heterocycles. The van der Waals surface area contributed by atoms with Crippen molar-refractivity contribution in [2.75, 3.05) is 17.7 Å². The van der Waals surface area contributed by atoms with Crippen LogP contribution >= 0.6 is 11.6 Å². The molecule has 0 unspecified atom stereocenters. The Kier molecular flexibility index (Phi) is 5.66. The van der Waals surface area contributed by atoms with Gasteiger partial charge in [0.15, 0.2) is 0 Å². The van der Waals surface area contributed by atoms with E-state index in [0.717, 1.165) is 11.3 Å². The number of amides is 1. The summed E-state index contributed by atoms with van der Waals surface area (Å²) in [4.78, 5) is 20.6. The molecule has 1 amide bonds. The molecule has 132 valence electrons. The van der Waals surface area contributed by atoms with Crippen LogP contribution in [0.2, 0.25) is 5.02 Å². The Morgan fingerprint density at radius 2 is 1.88 bits per heavy atom. The number of anilines is 2. The van der Waals surface area contributed by atoms with E-state index in [0.29, 0.717) is 23.1 Å². The molecular formula is C19H17ClN4O2. The third kappa shape index (κ3) is 4.29. The third-order valence-corrected chi connectivity index (χ3v) is 4.00.